The Labute approximate surface area is 171 Å². The van der Waals surface area contributed by atoms with E-state index in [9.17, 15) is 9.59 Å². The molecule has 0 aliphatic carbocycles. The molecule has 8 heteroatoms. The van der Waals surface area contributed by atoms with Crippen molar-refractivity contribution in [2.45, 2.75) is 13.5 Å². The lowest BCUT2D eigenvalue weighted by Gasteiger charge is -2.11. The zero-order valence-electron chi connectivity index (χ0n) is 14.3. The standard InChI is InChI=1S/C19H15Cl3N2O3/c1-2-24-18(25)16(23-19(24)26)9-12-7-14(21)17(15(22)8-12)27-10-11-3-5-13(20)6-4-11/h3-9H,2,10H2,1H3,(H,23,26)/b16-9+. The van der Waals surface area contributed by atoms with Crippen molar-refractivity contribution in [3.8, 4) is 5.75 Å². The van der Waals surface area contributed by atoms with E-state index < -0.39 is 11.9 Å². The van der Waals surface area contributed by atoms with Gasteiger partial charge in [-0.2, -0.15) is 0 Å². The predicted octanol–water partition coefficient (Wildman–Crippen LogP) is 5.14. The maximum absolute atomic E-state index is 12.1. The van der Waals surface area contributed by atoms with Crippen LogP contribution in [0.2, 0.25) is 15.1 Å². The lowest BCUT2D eigenvalue weighted by molar-refractivity contribution is -0.122. The minimum absolute atomic E-state index is 0.170. The molecular formula is C19H15Cl3N2O3. The highest BCUT2D eigenvalue weighted by molar-refractivity contribution is 6.37. The maximum atomic E-state index is 12.1. The number of amides is 3. The van der Waals surface area contributed by atoms with E-state index in [0.29, 0.717) is 32.9 Å². The molecular weight excluding hydrogens is 411 g/mol. The summed E-state index contributed by atoms with van der Waals surface area (Å²) in [5.74, 6) is -0.0507. The second-order valence-electron chi connectivity index (χ2n) is 5.77. The molecule has 0 atom stereocenters. The molecule has 1 fully saturated rings. The fourth-order valence-corrected chi connectivity index (χ4v) is 3.30. The molecule has 2 aromatic carbocycles. The van der Waals surface area contributed by atoms with Gasteiger partial charge < -0.3 is 10.1 Å². The fraction of sp³-hybridized carbons (Fsp3) is 0.158. The van der Waals surface area contributed by atoms with E-state index in [1.54, 1.807) is 31.2 Å². The van der Waals surface area contributed by atoms with Crippen molar-refractivity contribution in [2.24, 2.45) is 0 Å². The number of rotatable bonds is 5. The number of hydrogen-bond acceptors (Lipinski definition) is 3. The Bertz CT molecular complexity index is 903. The topological polar surface area (TPSA) is 58.6 Å². The summed E-state index contributed by atoms with van der Waals surface area (Å²) in [6, 6.07) is 10.0. The Balaban J connectivity index is 1.79. The molecule has 140 valence electrons. The van der Waals surface area contributed by atoms with Crippen molar-refractivity contribution in [1.29, 1.82) is 0 Å². The van der Waals surface area contributed by atoms with Gasteiger partial charge in [-0.05, 0) is 48.4 Å². The van der Waals surface area contributed by atoms with E-state index in [2.05, 4.69) is 5.32 Å². The van der Waals surface area contributed by atoms with Crippen molar-refractivity contribution in [3.63, 3.8) is 0 Å². The Morgan fingerprint density at radius 2 is 1.70 bits per heavy atom. The van der Waals surface area contributed by atoms with Crippen molar-refractivity contribution in [1.82, 2.24) is 10.2 Å². The first-order valence-electron chi connectivity index (χ1n) is 8.10. The molecule has 5 nitrogen and oxygen atoms in total. The number of carbonyl (C=O) groups excluding carboxylic acids is 2. The van der Waals surface area contributed by atoms with Crippen LogP contribution in [0.1, 0.15) is 18.1 Å². The summed E-state index contributed by atoms with van der Waals surface area (Å²) in [7, 11) is 0. The zero-order chi connectivity index (χ0) is 19.6. The third kappa shape index (κ3) is 4.38. The predicted molar refractivity (Wildman–Crippen MR) is 106 cm³/mol. The van der Waals surface area contributed by atoms with E-state index in [0.717, 1.165) is 10.5 Å². The monoisotopic (exact) mass is 424 g/mol. The molecule has 0 aromatic heterocycles. The number of likely N-dealkylation sites (N-methyl/N-ethyl adjacent to an activating group) is 1. The van der Waals surface area contributed by atoms with E-state index in [4.69, 9.17) is 39.5 Å². The molecule has 3 amide bonds. The summed E-state index contributed by atoms with van der Waals surface area (Å²) in [5.41, 5.74) is 1.66. The highest BCUT2D eigenvalue weighted by atomic mass is 35.5. The van der Waals surface area contributed by atoms with Crippen molar-refractivity contribution in [3.05, 3.63) is 68.3 Å². The van der Waals surface area contributed by atoms with Gasteiger partial charge in [-0.3, -0.25) is 9.69 Å². The van der Waals surface area contributed by atoms with Gasteiger partial charge in [-0.1, -0.05) is 46.9 Å². The van der Waals surface area contributed by atoms with E-state index in [-0.39, 0.29) is 12.3 Å². The first-order chi connectivity index (χ1) is 12.9. The summed E-state index contributed by atoms with van der Waals surface area (Å²) in [4.78, 5) is 25.0. The number of halogens is 3. The summed E-state index contributed by atoms with van der Waals surface area (Å²) in [6.07, 6.45) is 1.52. The summed E-state index contributed by atoms with van der Waals surface area (Å²) < 4.78 is 5.72. The van der Waals surface area contributed by atoms with Gasteiger partial charge in [0.1, 0.15) is 12.3 Å². The normalized spacial score (nSPS) is 15.4. The molecule has 0 saturated carbocycles. The third-order valence-corrected chi connectivity index (χ3v) is 4.72. The summed E-state index contributed by atoms with van der Waals surface area (Å²) in [5, 5.41) is 3.77. The highest BCUT2D eigenvalue weighted by Gasteiger charge is 2.32. The SMILES string of the molecule is CCN1C(=O)N/C(=C/c2cc(Cl)c(OCc3ccc(Cl)cc3)c(Cl)c2)C1=O. The molecule has 0 radical (unpaired) electrons. The lowest BCUT2D eigenvalue weighted by Crippen LogP contribution is -2.30. The molecule has 0 bridgehead atoms. The van der Waals surface area contributed by atoms with E-state index in [1.807, 2.05) is 12.1 Å². The van der Waals surface area contributed by atoms with Crippen LogP contribution in [0.15, 0.2) is 42.1 Å². The van der Waals surface area contributed by atoms with Gasteiger partial charge in [0.15, 0.2) is 5.75 Å². The number of carbonyl (C=O) groups is 2. The fourth-order valence-electron chi connectivity index (χ4n) is 2.56. The molecule has 1 aliphatic heterocycles. The van der Waals surface area contributed by atoms with Gasteiger partial charge in [-0.25, -0.2) is 4.79 Å². The van der Waals surface area contributed by atoms with E-state index >= 15 is 0 Å². The van der Waals surface area contributed by atoms with Crippen LogP contribution in [0.3, 0.4) is 0 Å². The summed E-state index contributed by atoms with van der Waals surface area (Å²) in [6.45, 7) is 2.29. The van der Waals surface area contributed by atoms with Crippen LogP contribution in [-0.4, -0.2) is 23.4 Å². The minimum atomic E-state index is -0.450. The minimum Gasteiger partial charge on any atom is -0.486 e. The number of nitrogens with zero attached hydrogens (tertiary/aromatic N) is 1. The Morgan fingerprint density at radius 3 is 2.26 bits per heavy atom. The Hall–Kier alpha value is -2.21. The Morgan fingerprint density at radius 1 is 1.07 bits per heavy atom. The van der Waals surface area contributed by atoms with Crippen LogP contribution in [-0.2, 0) is 11.4 Å². The van der Waals surface area contributed by atoms with Gasteiger partial charge in [0.25, 0.3) is 5.91 Å². The lowest BCUT2D eigenvalue weighted by atomic mass is 10.1. The van der Waals surface area contributed by atoms with Crippen LogP contribution >= 0.6 is 34.8 Å². The number of ether oxygens (including phenoxy) is 1. The highest BCUT2D eigenvalue weighted by Crippen LogP contribution is 2.35. The molecule has 1 saturated heterocycles. The molecule has 3 rings (SSSR count). The number of urea groups is 1. The van der Waals surface area contributed by atoms with Crippen LogP contribution in [0.25, 0.3) is 6.08 Å². The van der Waals surface area contributed by atoms with Gasteiger partial charge in [0.05, 0.1) is 10.0 Å². The van der Waals surface area contributed by atoms with Gasteiger partial charge in [0, 0.05) is 11.6 Å². The van der Waals surface area contributed by atoms with Crippen LogP contribution in [0, 0.1) is 0 Å². The molecule has 0 spiro atoms. The number of hydrogen-bond donors (Lipinski definition) is 1. The molecule has 1 aliphatic rings. The third-order valence-electron chi connectivity index (χ3n) is 3.91. The first kappa shape index (κ1) is 19.5. The van der Waals surface area contributed by atoms with Crippen molar-refractivity contribution >= 4 is 52.8 Å². The van der Waals surface area contributed by atoms with Crippen molar-refractivity contribution in [2.75, 3.05) is 6.54 Å². The quantitative estimate of drug-likeness (QED) is 0.533. The Kier molecular flexibility index (Phi) is 5.95. The molecule has 0 unspecified atom stereocenters. The zero-order valence-corrected chi connectivity index (χ0v) is 16.5. The molecule has 1 N–H and O–H groups in total. The van der Waals surface area contributed by atoms with Gasteiger partial charge >= 0.3 is 6.03 Å². The smallest absolute Gasteiger partial charge is 0.328 e. The maximum Gasteiger partial charge on any atom is 0.328 e. The number of imide groups is 1. The summed E-state index contributed by atoms with van der Waals surface area (Å²) >= 11 is 18.4. The number of benzene rings is 2. The second kappa shape index (κ2) is 8.21. The van der Waals surface area contributed by atoms with Crippen LogP contribution in [0.5, 0.6) is 5.75 Å². The van der Waals surface area contributed by atoms with E-state index in [1.165, 1.54) is 6.08 Å². The van der Waals surface area contributed by atoms with Gasteiger partial charge in [0.2, 0.25) is 0 Å². The van der Waals surface area contributed by atoms with Crippen molar-refractivity contribution < 1.29 is 14.3 Å². The molecule has 2 aromatic rings. The van der Waals surface area contributed by atoms with Crippen LogP contribution in [0.4, 0.5) is 4.79 Å². The second-order valence-corrected chi connectivity index (χ2v) is 7.02. The largest absolute Gasteiger partial charge is 0.486 e. The van der Waals surface area contributed by atoms with Gasteiger partial charge in [-0.15, -0.1) is 0 Å². The first-order valence-corrected chi connectivity index (χ1v) is 9.23. The average molecular weight is 426 g/mol. The van der Waals surface area contributed by atoms with Crippen LogP contribution < -0.4 is 10.1 Å². The molecule has 1 heterocycles. The molecule has 27 heavy (non-hydrogen) atoms. The average Bonchev–Trinajstić information content (AvgIpc) is 2.88. The number of nitrogens with one attached hydrogen (secondary N) is 1.